The van der Waals surface area contributed by atoms with Crippen molar-refractivity contribution in [2.24, 2.45) is 5.92 Å². The van der Waals surface area contributed by atoms with Crippen LogP contribution in [0.5, 0.6) is 0 Å². The molecule has 4 rings (SSSR count). The molecule has 0 N–H and O–H groups in total. The van der Waals surface area contributed by atoms with Gasteiger partial charge in [0.2, 0.25) is 0 Å². The zero-order chi connectivity index (χ0) is 15.8. The Balaban J connectivity index is 1.82. The van der Waals surface area contributed by atoms with Gasteiger partial charge >= 0.3 is 0 Å². The van der Waals surface area contributed by atoms with E-state index in [-0.39, 0.29) is 0 Å². The predicted octanol–water partition coefficient (Wildman–Crippen LogP) is 5.23. The summed E-state index contributed by atoms with van der Waals surface area (Å²) in [5, 5.41) is 1.34. The Kier molecular flexibility index (Phi) is 3.53. The van der Waals surface area contributed by atoms with Crippen molar-refractivity contribution in [1.29, 1.82) is 0 Å². The second-order valence-corrected chi connectivity index (χ2v) is 6.60. The number of aryl methyl sites for hydroxylation is 1. The number of hydrogen-bond acceptors (Lipinski definition) is 1. The van der Waals surface area contributed by atoms with Crippen LogP contribution in [0.4, 0.5) is 0 Å². The van der Waals surface area contributed by atoms with Crippen molar-refractivity contribution in [1.82, 2.24) is 9.55 Å². The van der Waals surface area contributed by atoms with Crippen LogP contribution < -0.4 is 0 Å². The average Bonchev–Trinajstić information content (AvgIpc) is 3.37. The fourth-order valence-corrected chi connectivity index (χ4v) is 3.27. The van der Waals surface area contributed by atoms with Crippen LogP contribution in [0, 0.1) is 19.8 Å². The fourth-order valence-electron chi connectivity index (χ4n) is 3.27. The molecule has 1 fully saturated rings. The van der Waals surface area contributed by atoms with Crippen LogP contribution in [0.25, 0.3) is 23.1 Å². The Bertz CT molecular complexity index is 868. The zero-order valence-corrected chi connectivity index (χ0v) is 13.8. The van der Waals surface area contributed by atoms with Crippen LogP contribution in [0.2, 0.25) is 0 Å². The average molecular weight is 302 g/mol. The van der Waals surface area contributed by atoms with Crippen LogP contribution in [0.3, 0.4) is 0 Å². The number of rotatable bonds is 4. The predicted molar refractivity (Wildman–Crippen MR) is 97.3 cm³/mol. The van der Waals surface area contributed by atoms with Gasteiger partial charge in [-0.25, -0.2) is 0 Å². The normalized spacial score (nSPS) is 14.9. The Morgan fingerprint density at radius 1 is 1.09 bits per heavy atom. The second kappa shape index (κ2) is 5.69. The molecule has 0 amide bonds. The van der Waals surface area contributed by atoms with Gasteiger partial charge in [0.05, 0.1) is 11.2 Å². The molecule has 2 nitrogen and oxygen atoms in total. The van der Waals surface area contributed by atoms with Crippen molar-refractivity contribution in [2.75, 3.05) is 0 Å². The molecule has 2 aromatic heterocycles. The quantitative estimate of drug-likeness (QED) is 0.645. The van der Waals surface area contributed by atoms with Gasteiger partial charge in [0.25, 0.3) is 0 Å². The molecule has 0 unspecified atom stereocenters. The molecule has 0 saturated heterocycles. The van der Waals surface area contributed by atoms with Crippen LogP contribution in [-0.4, -0.2) is 9.55 Å². The molecular weight excluding hydrogens is 280 g/mol. The summed E-state index contributed by atoms with van der Waals surface area (Å²) in [6, 6.07) is 12.6. The van der Waals surface area contributed by atoms with Crippen molar-refractivity contribution < 1.29 is 0 Å². The van der Waals surface area contributed by atoms with Gasteiger partial charge < -0.3 is 4.57 Å². The minimum Gasteiger partial charge on any atom is -0.343 e. The van der Waals surface area contributed by atoms with E-state index < -0.39 is 0 Å². The van der Waals surface area contributed by atoms with Gasteiger partial charge in [-0.05, 0) is 55.9 Å². The molecule has 0 bridgehead atoms. The van der Waals surface area contributed by atoms with Crippen LogP contribution >= 0.6 is 0 Å². The van der Waals surface area contributed by atoms with E-state index in [0.717, 1.165) is 18.2 Å². The van der Waals surface area contributed by atoms with Crippen molar-refractivity contribution in [3.8, 4) is 0 Å². The molecule has 3 aromatic rings. The first-order valence-corrected chi connectivity index (χ1v) is 8.41. The third-order valence-corrected chi connectivity index (χ3v) is 4.94. The largest absolute Gasteiger partial charge is 0.343 e. The van der Waals surface area contributed by atoms with Gasteiger partial charge in [0.1, 0.15) is 0 Å². The molecule has 1 aromatic carbocycles. The van der Waals surface area contributed by atoms with Gasteiger partial charge in [-0.1, -0.05) is 36.4 Å². The van der Waals surface area contributed by atoms with Gasteiger partial charge in [-0.15, -0.1) is 0 Å². The molecule has 2 heterocycles. The van der Waals surface area contributed by atoms with E-state index in [0.29, 0.717) is 0 Å². The number of nitrogens with zero attached hydrogens (tertiary/aromatic N) is 2. The summed E-state index contributed by atoms with van der Waals surface area (Å²) in [6.45, 7) is 5.60. The number of fused-ring (bicyclic) bond motifs is 1. The molecule has 23 heavy (non-hydrogen) atoms. The number of pyridine rings is 1. The number of hydrogen-bond donors (Lipinski definition) is 0. The van der Waals surface area contributed by atoms with Gasteiger partial charge in [0, 0.05) is 23.8 Å². The van der Waals surface area contributed by atoms with E-state index >= 15 is 0 Å². The lowest BCUT2D eigenvalue weighted by atomic mass is 10.1. The van der Waals surface area contributed by atoms with Crippen LogP contribution in [0.15, 0.2) is 42.6 Å². The fraction of sp³-hybridized carbons (Fsp3) is 0.286. The maximum atomic E-state index is 4.66. The van der Waals surface area contributed by atoms with Crippen molar-refractivity contribution in [3.63, 3.8) is 0 Å². The number of benzene rings is 1. The van der Waals surface area contributed by atoms with E-state index in [1.165, 1.54) is 40.6 Å². The lowest BCUT2D eigenvalue weighted by Crippen LogP contribution is -2.03. The summed E-state index contributed by atoms with van der Waals surface area (Å²) in [4.78, 5) is 4.66. The van der Waals surface area contributed by atoms with Gasteiger partial charge in [-0.2, -0.15) is 0 Å². The summed E-state index contributed by atoms with van der Waals surface area (Å²) < 4.78 is 2.49. The summed E-state index contributed by atoms with van der Waals surface area (Å²) in [7, 11) is 0. The Morgan fingerprint density at radius 2 is 1.87 bits per heavy atom. The molecule has 2 heteroatoms. The summed E-state index contributed by atoms with van der Waals surface area (Å²) in [6.07, 6.45) is 8.98. The highest BCUT2D eigenvalue weighted by Gasteiger charge is 2.24. The van der Waals surface area contributed by atoms with E-state index in [4.69, 9.17) is 0 Å². The minimum atomic E-state index is 0.856. The first-order valence-electron chi connectivity index (χ1n) is 8.41. The summed E-state index contributed by atoms with van der Waals surface area (Å²) in [5.74, 6) is 0.856. The smallest absolute Gasteiger partial charge is 0.0872 e. The maximum absolute atomic E-state index is 4.66. The topological polar surface area (TPSA) is 17.8 Å². The van der Waals surface area contributed by atoms with Crippen LogP contribution in [-0.2, 0) is 6.54 Å². The minimum absolute atomic E-state index is 0.856. The SMILES string of the molecule is Cc1c(C)n(CC2CC2)c2c(C=Cc3ccccc3)nccc12. The molecule has 116 valence electrons. The Labute approximate surface area is 137 Å². The van der Waals surface area contributed by atoms with Gasteiger partial charge in [0.15, 0.2) is 0 Å². The summed E-state index contributed by atoms with van der Waals surface area (Å²) in [5.41, 5.74) is 6.34. The third-order valence-electron chi connectivity index (χ3n) is 4.94. The van der Waals surface area contributed by atoms with Crippen molar-refractivity contribution in [2.45, 2.75) is 33.2 Å². The van der Waals surface area contributed by atoms with Crippen molar-refractivity contribution >= 4 is 23.1 Å². The highest BCUT2D eigenvalue weighted by molar-refractivity contribution is 5.92. The first-order chi connectivity index (χ1) is 11.2. The maximum Gasteiger partial charge on any atom is 0.0872 e. The highest BCUT2D eigenvalue weighted by atomic mass is 15.0. The molecule has 1 aliphatic rings. The molecular formula is C21H22N2. The molecule has 0 atom stereocenters. The van der Waals surface area contributed by atoms with Crippen LogP contribution in [0.1, 0.15) is 35.4 Å². The molecule has 1 saturated carbocycles. The molecule has 1 aliphatic carbocycles. The molecule has 0 aliphatic heterocycles. The summed E-state index contributed by atoms with van der Waals surface area (Å²) >= 11 is 0. The van der Waals surface area contributed by atoms with Crippen molar-refractivity contribution in [3.05, 3.63) is 65.1 Å². The Morgan fingerprint density at radius 3 is 2.61 bits per heavy atom. The first kappa shape index (κ1) is 14.3. The van der Waals surface area contributed by atoms with Gasteiger partial charge in [-0.3, -0.25) is 4.98 Å². The highest BCUT2D eigenvalue weighted by Crippen LogP contribution is 2.35. The lowest BCUT2D eigenvalue weighted by molar-refractivity contribution is 0.631. The molecule has 0 radical (unpaired) electrons. The standard InChI is InChI=1S/C21H22N2/c1-15-16(2)23(14-18-8-9-18)21-19(15)12-13-22-20(21)11-10-17-6-4-3-5-7-17/h3-7,10-13,18H,8-9,14H2,1-2H3. The van der Waals surface area contributed by atoms with E-state index in [1.54, 1.807) is 0 Å². The van der Waals surface area contributed by atoms with E-state index in [9.17, 15) is 0 Å². The number of aromatic nitrogens is 2. The monoisotopic (exact) mass is 302 g/mol. The second-order valence-electron chi connectivity index (χ2n) is 6.60. The van der Waals surface area contributed by atoms with E-state index in [2.05, 4.69) is 65.9 Å². The van der Waals surface area contributed by atoms with E-state index in [1.807, 2.05) is 12.3 Å². The lowest BCUT2D eigenvalue weighted by Gasteiger charge is -2.09. The zero-order valence-electron chi connectivity index (χ0n) is 13.8. The molecule has 0 spiro atoms. The Hall–Kier alpha value is -2.35. The third kappa shape index (κ3) is 2.70.